The molecule has 0 radical (unpaired) electrons. The van der Waals surface area contributed by atoms with Gasteiger partial charge in [0.15, 0.2) is 10.7 Å². The third-order valence-electron chi connectivity index (χ3n) is 2.28. The van der Waals surface area contributed by atoms with Gasteiger partial charge in [0.25, 0.3) is 0 Å². The number of benzene rings is 2. The quantitative estimate of drug-likeness (QED) is 0.681. The first-order chi connectivity index (χ1) is 8.25. The van der Waals surface area contributed by atoms with Gasteiger partial charge in [-0.2, -0.15) is 0 Å². The molecule has 4 heteroatoms. The van der Waals surface area contributed by atoms with Crippen LogP contribution in [0.3, 0.4) is 0 Å². The van der Waals surface area contributed by atoms with Crippen molar-refractivity contribution in [2.45, 2.75) is 15.5 Å². The topological polar surface area (TPSA) is 34.1 Å². The van der Waals surface area contributed by atoms with E-state index in [4.69, 9.17) is 0 Å². The van der Waals surface area contributed by atoms with E-state index in [0.29, 0.717) is 4.90 Å². The van der Waals surface area contributed by atoms with Crippen LogP contribution >= 0.6 is 11.8 Å². The highest BCUT2D eigenvalue weighted by molar-refractivity contribution is 7.98. The summed E-state index contributed by atoms with van der Waals surface area (Å²) in [4.78, 5) is 1.35. The Kier molecular flexibility index (Phi) is 4.23. The van der Waals surface area contributed by atoms with E-state index in [1.807, 2.05) is 24.3 Å². The molecule has 0 aliphatic carbocycles. The lowest BCUT2D eigenvalue weighted by molar-refractivity contribution is 0.614. The molecule has 2 nitrogen and oxygen atoms in total. The summed E-state index contributed by atoms with van der Waals surface area (Å²) in [6.45, 7) is 0. The average molecular weight is 264 g/mol. The summed E-state index contributed by atoms with van der Waals surface area (Å²) in [7, 11) is -2.49. The molecule has 0 aliphatic rings. The molecule has 0 atom stereocenters. The van der Waals surface area contributed by atoms with Gasteiger partial charge in [0.05, 0.1) is 4.90 Å². The molecular weight excluding hydrogens is 252 g/mol. The summed E-state index contributed by atoms with van der Waals surface area (Å²) in [5.74, 6) is 0.847. The van der Waals surface area contributed by atoms with E-state index in [-0.39, 0.29) is 0 Å². The van der Waals surface area contributed by atoms with E-state index in [1.165, 1.54) is 5.56 Å². The summed E-state index contributed by atoms with van der Waals surface area (Å²) < 4.78 is 21.7. The number of hydrogen-bond acceptors (Lipinski definition) is 3. The SMILES string of the molecule is O=[SH](=O)c1cccc(SCc2ccccc2)c1. The molecule has 88 valence electrons. The number of thiol groups is 1. The van der Waals surface area contributed by atoms with E-state index in [9.17, 15) is 8.42 Å². The van der Waals surface area contributed by atoms with Crippen LogP contribution in [0.1, 0.15) is 5.56 Å². The third-order valence-corrected chi connectivity index (χ3v) is 4.04. The smallest absolute Gasteiger partial charge is 0.168 e. The van der Waals surface area contributed by atoms with Crippen molar-refractivity contribution < 1.29 is 8.42 Å². The predicted molar refractivity (Wildman–Crippen MR) is 71.0 cm³/mol. The number of thioether (sulfide) groups is 1. The van der Waals surface area contributed by atoms with Gasteiger partial charge in [-0.15, -0.1) is 11.8 Å². The molecule has 0 saturated carbocycles. The highest BCUT2D eigenvalue weighted by Crippen LogP contribution is 2.23. The zero-order chi connectivity index (χ0) is 12.1. The zero-order valence-corrected chi connectivity index (χ0v) is 10.8. The summed E-state index contributed by atoms with van der Waals surface area (Å²) >= 11 is 1.64. The Labute approximate surface area is 107 Å². The fourth-order valence-electron chi connectivity index (χ4n) is 1.43. The molecule has 0 saturated heterocycles. The first-order valence-electron chi connectivity index (χ1n) is 5.17. The van der Waals surface area contributed by atoms with Crippen LogP contribution in [0.5, 0.6) is 0 Å². The van der Waals surface area contributed by atoms with Crippen LogP contribution in [0.25, 0.3) is 0 Å². The minimum absolute atomic E-state index is 0.373. The van der Waals surface area contributed by atoms with E-state index in [1.54, 1.807) is 30.0 Å². The van der Waals surface area contributed by atoms with Crippen molar-refractivity contribution in [2.75, 3.05) is 0 Å². The van der Waals surface area contributed by atoms with Gasteiger partial charge in [-0.05, 0) is 23.8 Å². The standard InChI is InChI=1S/C13H12O2S2/c14-17(15)13-8-4-7-12(9-13)16-10-11-5-2-1-3-6-11/h1-9,17H,10H2. The molecule has 0 aromatic heterocycles. The predicted octanol–water partition coefficient (Wildman–Crippen LogP) is 2.95. The molecule has 0 amide bonds. The third kappa shape index (κ3) is 3.61. The number of hydrogen-bond donors (Lipinski definition) is 1. The van der Waals surface area contributed by atoms with Gasteiger partial charge in [-0.25, -0.2) is 8.42 Å². The van der Waals surface area contributed by atoms with Gasteiger partial charge >= 0.3 is 0 Å². The molecule has 0 heterocycles. The molecule has 0 N–H and O–H groups in total. The zero-order valence-electron chi connectivity index (χ0n) is 9.08. The van der Waals surface area contributed by atoms with E-state index in [2.05, 4.69) is 12.1 Å². The molecule has 0 aliphatic heterocycles. The molecule has 0 bridgehead atoms. The van der Waals surface area contributed by atoms with E-state index < -0.39 is 10.7 Å². The van der Waals surface area contributed by atoms with E-state index in [0.717, 1.165) is 10.6 Å². The first-order valence-corrected chi connectivity index (χ1v) is 7.33. The molecule has 17 heavy (non-hydrogen) atoms. The molecule has 0 fully saturated rings. The van der Waals surface area contributed by atoms with Crippen molar-refractivity contribution in [3.63, 3.8) is 0 Å². The van der Waals surface area contributed by atoms with Crippen LogP contribution in [-0.2, 0) is 16.5 Å². The Hall–Kier alpha value is -1.26. The van der Waals surface area contributed by atoms with Crippen molar-refractivity contribution in [3.8, 4) is 0 Å². The van der Waals surface area contributed by atoms with Gasteiger partial charge in [-0.1, -0.05) is 36.4 Å². The van der Waals surface area contributed by atoms with Crippen molar-refractivity contribution in [2.24, 2.45) is 0 Å². The van der Waals surface area contributed by atoms with Gasteiger partial charge in [0.1, 0.15) is 0 Å². The molecule has 2 aromatic rings. The van der Waals surface area contributed by atoms with E-state index >= 15 is 0 Å². The molecule has 2 rings (SSSR count). The molecule has 0 spiro atoms. The minimum Gasteiger partial charge on any atom is -0.227 e. The van der Waals surface area contributed by atoms with Crippen LogP contribution in [0.4, 0.5) is 0 Å². The van der Waals surface area contributed by atoms with Crippen LogP contribution in [0, 0.1) is 0 Å². The highest BCUT2D eigenvalue weighted by Gasteiger charge is 1.99. The maximum Gasteiger partial charge on any atom is 0.168 e. The Morgan fingerprint density at radius 2 is 1.71 bits per heavy atom. The Morgan fingerprint density at radius 3 is 2.41 bits per heavy atom. The van der Waals surface area contributed by atoms with Crippen molar-refractivity contribution in [1.82, 2.24) is 0 Å². The fraction of sp³-hybridized carbons (Fsp3) is 0.0769. The van der Waals surface area contributed by atoms with Gasteiger partial charge < -0.3 is 0 Å². The Bertz CT molecular complexity index is 555. The van der Waals surface area contributed by atoms with Gasteiger partial charge in [-0.3, -0.25) is 0 Å². The molecule has 2 aromatic carbocycles. The first kappa shape index (κ1) is 12.2. The second-order valence-electron chi connectivity index (χ2n) is 3.53. The summed E-state index contributed by atoms with van der Waals surface area (Å²) in [6.07, 6.45) is 0. The molecular formula is C13H12O2S2. The maximum atomic E-state index is 10.9. The normalized spacial score (nSPS) is 10.6. The second kappa shape index (κ2) is 5.89. The minimum atomic E-state index is -2.49. The van der Waals surface area contributed by atoms with Crippen LogP contribution in [0.2, 0.25) is 0 Å². The van der Waals surface area contributed by atoms with Crippen LogP contribution < -0.4 is 0 Å². The lowest BCUT2D eigenvalue weighted by Crippen LogP contribution is -1.82. The van der Waals surface area contributed by atoms with Crippen molar-refractivity contribution in [3.05, 3.63) is 60.2 Å². The monoisotopic (exact) mass is 264 g/mol. The van der Waals surface area contributed by atoms with Gasteiger partial charge in [0.2, 0.25) is 0 Å². The second-order valence-corrected chi connectivity index (χ2v) is 5.61. The average Bonchev–Trinajstić information content (AvgIpc) is 2.38. The maximum absolute atomic E-state index is 10.9. The van der Waals surface area contributed by atoms with Crippen LogP contribution in [-0.4, -0.2) is 8.42 Å². The molecule has 0 unspecified atom stereocenters. The Morgan fingerprint density at radius 1 is 0.941 bits per heavy atom. The fourth-order valence-corrected chi connectivity index (χ4v) is 2.88. The van der Waals surface area contributed by atoms with Crippen molar-refractivity contribution in [1.29, 1.82) is 0 Å². The number of rotatable bonds is 4. The lowest BCUT2D eigenvalue weighted by atomic mass is 10.2. The Balaban J connectivity index is 2.07. The van der Waals surface area contributed by atoms with Crippen molar-refractivity contribution >= 4 is 22.5 Å². The largest absolute Gasteiger partial charge is 0.227 e. The highest BCUT2D eigenvalue weighted by atomic mass is 32.2. The lowest BCUT2D eigenvalue weighted by Gasteiger charge is -2.02. The summed E-state index contributed by atoms with van der Waals surface area (Å²) in [5, 5.41) is 0. The van der Waals surface area contributed by atoms with Gasteiger partial charge in [0, 0.05) is 10.6 Å². The van der Waals surface area contributed by atoms with Crippen LogP contribution in [0.15, 0.2) is 64.4 Å². The summed E-state index contributed by atoms with van der Waals surface area (Å²) in [6, 6.07) is 17.1. The summed E-state index contributed by atoms with van der Waals surface area (Å²) in [5.41, 5.74) is 1.23.